The number of amides is 3. The lowest BCUT2D eigenvalue weighted by Crippen LogP contribution is -2.68. The maximum Gasteiger partial charge on any atom is 0.400 e. The number of ether oxygens (including phenoxy) is 11. The molecule has 23 atom stereocenters. The van der Waals surface area contributed by atoms with Crippen LogP contribution in [0.5, 0.6) is 0 Å². The second kappa shape index (κ2) is 36.3. The first-order valence-electron chi connectivity index (χ1n) is 27.6. The number of nitrogens with one attached hydrogen (secondary N) is 3. The minimum atomic E-state index is -5.39. The largest absolute Gasteiger partial charge is 0.400 e. The van der Waals surface area contributed by atoms with Gasteiger partial charge in [-0.05, 0) is 12.3 Å². The van der Waals surface area contributed by atoms with Gasteiger partial charge in [0.05, 0.1) is 72.7 Å². The van der Waals surface area contributed by atoms with E-state index in [-0.39, 0.29) is 24.6 Å². The number of hydrogen-bond acceptors (Lipinski definition) is 38. The quantitative estimate of drug-likeness (QED) is 0.0160. The van der Waals surface area contributed by atoms with Gasteiger partial charge >= 0.3 is 52.0 Å². The van der Waals surface area contributed by atoms with E-state index in [4.69, 9.17) is 68.8 Å². The van der Waals surface area contributed by atoms with Gasteiger partial charge in [0.25, 0.3) is 5.91 Å². The summed E-state index contributed by atoms with van der Waals surface area (Å²) in [6, 6.07) is -1.25. The van der Waals surface area contributed by atoms with Gasteiger partial charge in [-0.25, -0.2) is 20.9 Å². The molecule has 1 aliphatic carbocycles. The minimum absolute atomic E-state index is 0.0485. The van der Waals surface area contributed by atoms with Crippen LogP contribution in [0, 0.1) is 23.7 Å². The Labute approximate surface area is 544 Å². The number of aliphatic hydroxyl groups excluding tert-OH is 4. The van der Waals surface area contributed by atoms with Gasteiger partial charge in [0.15, 0.2) is 31.3 Å². The molecule has 4 saturated heterocycles. The monoisotopic (exact) mass is 1490 g/mol. The van der Waals surface area contributed by atoms with E-state index in [1.807, 2.05) is 0 Å². The molecule has 4 aliphatic heterocycles. The lowest BCUT2D eigenvalue weighted by molar-refractivity contribution is -0.338. The van der Waals surface area contributed by atoms with Crippen molar-refractivity contribution in [2.75, 3.05) is 107 Å². The molecule has 9 N–H and O–H groups in total. The topological polar surface area (TPSA) is 555 Å². The number of carbonyl (C=O) groups excluding carboxylic acids is 3. The Morgan fingerprint density at radius 2 is 1.05 bits per heavy atom. The number of methoxy groups -OCH3 is 4. The van der Waals surface area contributed by atoms with E-state index in [9.17, 15) is 86.0 Å². The maximum absolute atomic E-state index is 14.3. The molecule has 0 aromatic rings. The number of rotatable bonds is 36. The number of hydrogen-bond donors (Lipinski definition) is 9. The van der Waals surface area contributed by atoms with E-state index < -0.39 is 250 Å². The van der Waals surface area contributed by atoms with Crippen LogP contribution in [0.15, 0.2) is 0 Å². The average molecular weight is 1490 g/mol. The van der Waals surface area contributed by atoms with Gasteiger partial charge in [0.2, 0.25) is 11.8 Å². The highest BCUT2D eigenvalue weighted by atomic mass is 33.1. The molecular formula is C45H79N3O38S7. The van der Waals surface area contributed by atoms with Crippen LogP contribution in [0.1, 0.15) is 20.3 Å². The third-order valence-corrected chi connectivity index (χ3v) is 20.9. The van der Waals surface area contributed by atoms with Gasteiger partial charge in [-0.1, -0.05) is 28.5 Å². The molecule has 0 bridgehead atoms. The molecule has 5 aliphatic rings. The van der Waals surface area contributed by atoms with Crippen LogP contribution in [-0.4, -0.2) is 313 Å². The summed E-state index contributed by atoms with van der Waals surface area (Å²) < 4.78 is 247. The van der Waals surface area contributed by atoms with Gasteiger partial charge in [-0.15, -0.1) is 0 Å². The van der Waals surface area contributed by atoms with Gasteiger partial charge in [0, 0.05) is 77.7 Å². The Bertz CT molecular complexity index is 2980. The normalized spacial score (nSPS) is 35.8. The number of carbonyl (C=O) groups is 3. The smallest absolute Gasteiger partial charge is 0.394 e. The molecule has 0 radical (unpaired) electrons. The van der Waals surface area contributed by atoms with Crippen molar-refractivity contribution in [3.8, 4) is 0 Å². The summed E-state index contributed by atoms with van der Waals surface area (Å²) in [5, 5.41) is 50.8. The van der Waals surface area contributed by atoms with Crippen molar-refractivity contribution in [1.29, 1.82) is 0 Å². The summed E-state index contributed by atoms with van der Waals surface area (Å²) in [4.78, 5) is 40.0. The molecule has 0 spiro atoms. The van der Waals surface area contributed by atoms with Crippen molar-refractivity contribution >= 4 is 91.3 Å². The summed E-state index contributed by atoms with van der Waals surface area (Å²) >= 11 is 0. The van der Waals surface area contributed by atoms with E-state index >= 15 is 0 Å². The summed E-state index contributed by atoms with van der Waals surface area (Å²) in [6.45, 7) is -1.87. The average Bonchev–Trinajstić information content (AvgIpc) is 0.784. The van der Waals surface area contributed by atoms with E-state index in [1.54, 1.807) is 0 Å². The molecule has 544 valence electrons. The fourth-order valence-electron chi connectivity index (χ4n) is 10.5. The zero-order chi connectivity index (χ0) is 69.6. The van der Waals surface area contributed by atoms with Crippen molar-refractivity contribution < 1.29 is 172 Å². The second-order valence-corrected chi connectivity index (χ2v) is 29.6. The summed E-state index contributed by atoms with van der Waals surface area (Å²) in [5.41, 5.74) is 0. The van der Waals surface area contributed by atoms with Crippen molar-refractivity contribution in [1.82, 2.24) is 16.0 Å². The molecule has 5 fully saturated rings. The van der Waals surface area contributed by atoms with E-state index in [1.165, 1.54) is 35.6 Å². The Hall–Kier alpha value is -2.14. The molecular weight excluding hydrogens is 1410 g/mol. The minimum Gasteiger partial charge on any atom is -0.394 e. The van der Waals surface area contributed by atoms with Crippen LogP contribution >= 0.6 is 21.6 Å². The third-order valence-electron chi connectivity index (χ3n) is 15.0. The second-order valence-electron chi connectivity index (χ2n) is 20.7. The fourth-order valence-corrected chi connectivity index (χ4v) is 14.8. The van der Waals surface area contributed by atoms with Crippen LogP contribution in [0.25, 0.3) is 0 Å². The van der Waals surface area contributed by atoms with Crippen LogP contribution < -0.4 is 16.0 Å². The summed E-state index contributed by atoms with van der Waals surface area (Å²) in [7, 11) is -16.9. The molecule has 4 heterocycles. The molecule has 48 heteroatoms. The van der Waals surface area contributed by atoms with Crippen LogP contribution in [0.4, 0.5) is 0 Å². The molecule has 41 nitrogen and oxygen atoms in total. The van der Waals surface area contributed by atoms with Crippen molar-refractivity contribution in [2.45, 2.75) is 137 Å². The highest BCUT2D eigenvalue weighted by Crippen LogP contribution is 2.42. The Kier molecular flexibility index (Phi) is 31.8. The zero-order valence-electron chi connectivity index (χ0n) is 51.0. The third kappa shape index (κ3) is 23.2. The van der Waals surface area contributed by atoms with E-state index in [2.05, 4.69) is 32.7 Å². The van der Waals surface area contributed by atoms with Crippen molar-refractivity contribution in [3.63, 3.8) is 0 Å². The Balaban J connectivity index is 1.33. The SMILES string of the molecule is COC1COC(OC2COC(OC)C(OC3CC(C(=O)NCCSSCCNC(=O)C4OC(OC5C(O)C(CO)OC(OC)C5NC(C)=O)C(O)C(O)C4OC)C(C)C(OS(=O)(=O)OC)C3OS(=O)(=O)OC)C2COS(=O)(=O)O)C(OS(=O)(=O)OC)C1COS(=O)(=O)O. The van der Waals surface area contributed by atoms with Gasteiger partial charge in [0.1, 0.15) is 67.1 Å². The Morgan fingerprint density at radius 3 is 1.56 bits per heavy atom. The van der Waals surface area contributed by atoms with Gasteiger partial charge < -0.3 is 88.5 Å². The molecule has 93 heavy (non-hydrogen) atoms. The summed E-state index contributed by atoms with van der Waals surface area (Å²) in [5.74, 6) is -7.87. The lowest BCUT2D eigenvalue weighted by atomic mass is 9.74. The fraction of sp³-hybridized carbons (Fsp3) is 0.933. The van der Waals surface area contributed by atoms with Crippen LogP contribution in [-0.2, 0) is 152 Å². The predicted octanol–water partition coefficient (Wildman–Crippen LogP) is -6.45. The molecule has 3 amide bonds. The molecule has 0 aromatic carbocycles. The van der Waals surface area contributed by atoms with Gasteiger partial charge in [-0.3, -0.25) is 36.0 Å². The molecule has 5 rings (SSSR count). The highest BCUT2D eigenvalue weighted by Gasteiger charge is 2.57. The zero-order valence-corrected chi connectivity index (χ0v) is 56.7. The van der Waals surface area contributed by atoms with E-state index in [0.29, 0.717) is 21.3 Å². The lowest BCUT2D eigenvalue weighted by Gasteiger charge is -2.48. The van der Waals surface area contributed by atoms with Gasteiger partial charge in [-0.2, -0.15) is 42.1 Å². The van der Waals surface area contributed by atoms with E-state index in [0.717, 1.165) is 28.3 Å². The summed E-state index contributed by atoms with van der Waals surface area (Å²) in [6.07, 6.45) is -31.5. The molecule has 1 saturated carbocycles. The number of aliphatic hydroxyl groups is 4. The van der Waals surface area contributed by atoms with Crippen molar-refractivity contribution in [2.24, 2.45) is 23.7 Å². The first-order valence-corrected chi connectivity index (χ1v) is 36.8. The first-order chi connectivity index (χ1) is 43.5. The maximum atomic E-state index is 14.3. The standard InChI is InChI=1S/C45H79N3O38S7/c1-20-22(40(54)46-10-12-87-88-13-11-47-41(55)39-38(69-4)31(52)32(53)43(83-39)82-37-29(48-21(2)50)42(70-5)80-26(15-49)30(37)51)14-25(36(86-93(66,67)74-9)33(20)84-91(62,63)72-7)79-34-24(17-78-90(59,60)61)28(19-75-44(34)71-6)81-45-35(85-92(64,65)73-8)23(16-77-89(56,57)58)27(68-3)18-76-45/h20,22-39,42-45,49,51-53H,10-19H2,1-9H3,(H,46,54)(H,47,55)(H,48,50)(H,56,57,58)(H,59,60,61). The van der Waals surface area contributed by atoms with Crippen LogP contribution in [0.3, 0.4) is 0 Å². The van der Waals surface area contributed by atoms with Crippen LogP contribution in [0.2, 0.25) is 0 Å². The highest BCUT2D eigenvalue weighted by molar-refractivity contribution is 8.76. The molecule has 0 aromatic heterocycles. The first kappa shape index (κ1) is 81.5. The predicted molar refractivity (Wildman–Crippen MR) is 306 cm³/mol. The molecule has 23 unspecified atom stereocenters. The Morgan fingerprint density at radius 1 is 0.538 bits per heavy atom. The van der Waals surface area contributed by atoms with Crippen molar-refractivity contribution in [3.05, 3.63) is 0 Å².